The molecule has 0 saturated carbocycles. The van der Waals surface area contributed by atoms with Crippen molar-refractivity contribution in [2.45, 2.75) is 26.7 Å². The molecule has 0 radical (unpaired) electrons. The Hall–Kier alpha value is -2.40. The summed E-state index contributed by atoms with van der Waals surface area (Å²) in [7, 11) is 0. The molecule has 3 rings (SSSR count). The monoisotopic (exact) mass is 371 g/mol. The summed E-state index contributed by atoms with van der Waals surface area (Å²) < 4.78 is 0. The van der Waals surface area contributed by atoms with Crippen LogP contribution in [0.15, 0.2) is 30.3 Å². The first-order valence-corrected chi connectivity index (χ1v) is 9.07. The molecule has 1 aromatic heterocycles. The Labute approximate surface area is 158 Å². The molecule has 0 spiro atoms. The molecule has 136 valence electrons. The highest BCUT2D eigenvalue weighted by atomic mass is 35.5. The summed E-state index contributed by atoms with van der Waals surface area (Å²) in [6.07, 6.45) is 1.67. The van der Waals surface area contributed by atoms with Crippen molar-refractivity contribution in [2.24, 2.45) is 11.7 Å². The molecule has 1 atom stereocenters. The Balaban J connectivity index is 1.87. The van der Waals surface area contributed by atoms with Gasteiger partial charge in [-0.05, 0) is 62.6 Å². The number of aryl methyl sites for hydroxylation is 2. The second kappa shape index (κ2) is 7.46. The van der Waals surface area contributed by atoms with Crippen molar-refractivity contribution in [1.82, 2.24) is 4.98 Å². The molecule has 6 heteroatoms. The Kier molecular flexibility index (Phi) is 5.28. The number of anilines is 1. The number of carbonyl (C=O) groups excluding carboxylic acids is 2. The number of nitrogens with two attached hydrogens (primary N) is 1. The van der Waals surface area contributed by atoms with Crippen LogP contribution in [-0.4, -0.2) is 29.8 Å². The second-order valence-corrected chi connectivity index (χ2v) is 7.23. The molecule has 26 heavy (non-hydrogen) atoms. The number of nitrogens with zero attached hydrogens (tertiary/aromatic N) is 2. The second-order valence-electron chi connectivity index (χ2n) is 6.80. The van der Waals surface area contributed by atoms with E-state index in [-0.39, 0.29) is 11.7 Å². The largest absolute Gasteiger partial charge is 0.365 e. The third-order valence-corrected chi connectivity index (χ3v) is 5.06. The maximum absolute atomic E-state index is 13.0. The van der Waals surface area contributed by atoms with Gasteiger partial charge in [-0.25, -0.2) is 4.98 Å². The number of piperidine rings is 1. The van der Waals surface area contributed by atoms with Gasteiger partial charge in [-0.1, -0.05) is 11.6 Å². The summed E-state index contributed by atoms with van der Waals surface area (Å²) in [5, 5.41) is 0.624. The predicted molar refractivity (Wildman–Crippen MR) is 103 cm³/mol. The number of pyridine rings is 1. The van der Waals surface area contributed by atoms with Gasteiger partial charge >= 0.3 is 0 Å². The van der Waals surface area contributed by atoms with Crippen LogP contribution < -0.4 is 10.6 Å². The van der Waals surface area contributed by atoms with E-state index >= 15 is 0 Å². The third-order valence-electron chi connectivity index (χ3n) is 4.83. The fourth-order valence-electron chi connectivity index (χ4n) is 3.48. The minimum absolute atomic E-state index is 0.108. The van der Waals surface area contributed by atoms with E-state index in [0.29, 0.717) is 28.5 Å². The highest BCUT2D eigenvalue weighted by Crippen LogP contribution is 2.28. The number of hydrogen-bond acceptors (Lipinski definition) is 4. The topological polar surface area (TPSA) is 76.3 Å². The average molecular weight is 372 g/mol. The van der Waals surface area contributed by atoms with Gasteiger partial charge in [0.25, 0.3) is 5.91 Å². The summed E-state index contributed by atoms with van der Waals surface area (Å²) in [5.41, 5.74) is 8.30. The van der Waals surface area contributed by atoms with Gasteiger partial charge in [0.1, 0.15) is 5.82 Å². The van der Waals surface area contributed by atoms with Crippen LogP contribution in [0.2, 0.25) is 5.02 Å². The van der Waals surface area contributed by atoms with Gasteiger partial charge in [0.15, 0.2) is 5.78 Å². The van der Waals surface area contributed by atoms with Gasteiger partial charge in [0, 0.05) is 35.3 Å². The van der Waals surface area contributed by atoms with E-state index in [2.05, 4.69) is 4.98 Å². The molecule has 1 aliphatic heterocycles. The summed E-state index contributed by atoms with van der Waals surface area (Å²) in [4.78, 5) is 31.3. The SMILES string of the molecule is Cc1ccc(C(N)=O)c(N2CCCC(C(=O)c3ccc(Cl)cc3C)C2)n1. The van der Waals surface area contributed by atoms with E-state index in [4.69, 9.17) is 17.3 Å². The zero-order chi connectivity index (χ0) is 18.8. The molecule has 2 N–H and O–H groups in total. The molecule has 1 amide bonds. The zero-order valence-corrected chi connectivity index (χ0v) is 15.7. The first-order chi connectivity index (χ1) is 12.4. The highest BCUT2D eigenvalue weighted by molar-refractivity contribution is 6.30. The van der Waals surface area contributed by atoms with Crippen LogP contribution in [0.1, 0.15) is 44.8 Å². The van der Waals surface area contributed by atoms with E-state index in [0.717, 1.165) is 30.6 Å². The lowest BCUT2D eigenvalue weighted by molar-refractivity contribution is 0.0906. The van der Waals surface area contributed by atoms with Gasteiger partial charge in [-0.3, -0.25) is 9.59 Å². The van der Waals surface area contributed by atoms with E-state index in [1.54, 1.807) is 24.3 Å². The van der Waals surface area contributed by atoms with Crippen molar-refractivity contribution >= 4 is 29.1 Å². The van der Waals surface area contributed by atoms with Crippen molar-refractivity contribution < 1.29 is 9.59 Å². The Morgan fingerprint density at radius 3 is 2.62 bits per heavy atom. The van der Waals surface area contributed by atoms with Crippen molar-refractivity contribution in [3.63, 3.8) is 0 Å². The van der Waals surface area contributed by atoms with Gasteiger partial charge in [0.05, 0.1) is 5.56 Å². The van der Waals surface area contributed by atoms with E-state index in [1.165, 1.54) is 0 Å². The molecule has 2 heterocycles. The quantitative estimate of drug-likeness (QED) is 0.834. The van der Waals surface area contributed by atoms with Crippen molar-refractivity contribution in [3.8, 4) is 0 Å². The average Bonchev–Trinajstić information content (AvgIpc) is 2.61. The number of benzene rings is 1. The van der Waals surface area contributed by atoms with Crippen molar-refractivity contribution in [1.29, 1.82) is 0 Å². The van der Waals surface area contributed by atoms with E-state index in [1.807, 2.05) is 24.8 Å². The molecule has 1 fully saturated rings. The molecule has 2 aromatic rings. The van der Waals surface area contributed by atoms with Crippen LogP contribution in [0.25, 0.3) is 0 Å². The maximum Gasteiger partial charge on any atom is 0.252 e. The van der Waals surface area contributed by atoms with Gasteiger partial charge < -0.3 is 10.6 Å². The number of halogens is 1. The first-order valence-electron chi connectivity index (χ1n) is 8.69. The minimum atomic E-state index is -0.505. The fraction of sp³-hybridized carbons (Fsp3) is 0.350. The zero-order valence-electron chi connectivity index (χ0n) is 15.0. The van der Waals surface area contributed by atoms with E-state index < -0.39 is 5.91 Å². The van der Waals surface area contributed by atoms with Gasteiger partial charge in [-0.15, -0.1) is 0 Å². The summed E-state index contributed by atoms with van der Waals surface area (Å²) in [5.74, 6) is 0.0288. The number of hydrogen-bond donors (Lipinski definition) is 1. The molecule has 1 saturated heterocycles. The van der Waals surface area contributed by atoms with Crippen LogP contribution in [-0.2, 0) is 0 Å². The number of ketones is 1. The van der Waals surface area contributed by atoms with Gasteiger partial charge in [0.2, 0.25) is 0 Å². The summed E-state index contributed by atoms with van der Waals surface area (Å²) in [6, 6.07) is 8.82. The van der Waals surface area contributed by atoms with Crippen LogP contribution >= 0.6 is 11.6 Å². The highest BCUT2D eigenvalue weighted by Gasteiger charge is 2.29. The first kappa shape index (κ1) is 18.4. The van der Waals surface area contributed by atoms with Gasteiger partial charge in [-0.2, -0.15) is 0 Å². The number of rotatable bonds is 4. The maximum atomic E-state index is 13.0. The molecule has 1 aromatic carbocycles. The molecule has 1 unspecified atom stereocenters. The molecular weight excluding hydrogens is 350 g/mol. The smallest absolute Gasteiger partial charge is 0.252 e. The summed E-state index contributed by atoms with van der Waals surface area (Å²) >= 11 is 6.00. The fourth-order valence-corrected chi connectivity index (χ4v) is 3.71. The molecule has 5 nitrogen and oxygen atoms in total. The lowest BCUT2D eigenvalue weighted by Crippen LogP contribution is -2.40. The molecule has 0 aliphatic carbocycles. The Morgan fingerprint density at radius 1 is 1.19 bits per heavy atom. The molecule has 0 bridgehead atoms. The standard InChI is InChI=1S/C20H22ClN3O2/c1-12-10-15(21)6-8-16(12)18(25)14-4-3-9-24(11-14)20-17(19(22)26)7-5-13(2)23-20/h5-8,10,14H,3-4,9,11H2,1-2H3,(H2,22,26). The number of aromatic nitrogens is 1. The van der Waals surface area contributed by atoms with Crippen LogP contribution in [0.5, 0.6) is 0 Å². The number of carbonyl (C=O) groups is 2. The lowest BCUT2D eigenvalue weighted by atomic mass is 9.88. The number of primary amides is 1. The van der Waals surface area contributed by atoms with Crippen molar-refractivity contribution in [2.75, 3.05) is 18.0 Å². The normalized spacial score (nSPS) is 17.2. The van der Waals surface area contributed by atoms with Crippen LogP contribution in [0.3, 0.4) is 0 Å². The Bertz CT molecular complexity index is 866. The minimum Gasteiger partial charge on any atom is -0.365 e. The lowest BCUT2D eigenvalue weighted by Gasteiger charge is -2.34. The predicted octanol–water partition coefficient (Wildman–Crippen LogP) is 3.55. The Morgan fingerprint density at radius 2 is 1.92 bits per heavy atom. The number of Topliss-reactive ketones (excluding diaryl/α,β-unsaturated/α-hetero) is 1. The molecule has 1 aliphatic rings. The summed E-state index contributed by atoms with van der Waals surface area (Å²) in [6.45, 7) is 5.04. The third kappa shape index (κ3) is 3.73. The van der Waals surface area contributed by atoms with Crippen molar-refractivity contribution in [3.05, 3.63) is 57.7 Å². The van der Waals surface area contributed by atoms with E-state index in [9.17, 15) is 9.59 Å². The number of amides is 1. The van der Waals surface area contributed by atoms with Crippen LogP contribution in [0.4, 0.5) is 5.82 Å². The van der Waals surface area contributed by atoms with Crippen LogP contribution in [0, 0.1) is 19.8 Å². The molecular formula is C20H22ClN3O2.